The topological polar surface area (TPSA) is 70.5 Å². The smallest absolute Gasteiger partial charge is 0.326 e. The molecule has 1 aromatic heterocycles. The lowest BCUT2D eigenvalue weighted by molar-refractivity contribution is -0.147. The Hall–Kier alpha value is -1.08. The third kappa shape index (κ3) is 4.30. The van der Waals surface area contributed by atoms with Gasteiger partial charge in [0.15, 0.2) is 0 Å². The van der Waals surface area contributed by atoms with Crippen molar-refractivity contribution in [3.05, 3.63) is 16.1 Å². The zero-order valence-electron chi connectivity index (χ0n) is 10.5. The number of thioether (sulfide) groups is 1. The van der Waals surface area contributed by atoms with E-state index in [2.05, 4.69) is 4.98 Å². The molecule has 0 bridgehead atoms. The fourth-order valence-electron chi connectivity index (χ4n) is 1.20. The summed E-state index contributed by atoms with van der Waals surface area (Å²) in [4.78, 5) is 28.0. The maximum atomic E-state index is 11.7. The van der Waals surface area contributed by atoms with Crippen LogP contribution in [0.2, 0.25) is 0 Å². The largest absolute Gasteiger partial charge is 0.480 e. The summed E-state index contributed by atoms with van der Waals surface area (Å²) < 4.78 is 0. The maximum absolute atomic E-state index is 11.7. The quantitative estimate of drug-likeness (QED) is 0.861. The molecule has 1 N–H and O–H groups in total. The Balaban J connectivity index is 2.35. The Morgan fingerprint density at radius 1 is 1.61 bits per heavy atom. The second kappa shape index (κ2) is 6.75. The number of aliphatic carboxylic acids is 1. The fraction of sp³-hybridized carbons (Fsp3) is 0.545. The number of nitrogens with zero attached hydrogens (tertiary/aromatic N) is 2. The number of aryl methyl sites for hydroxylation is 1. The van der Waals surface area contributed by atoms with Crippen LogP contribution < -0.4 is 0 Å². The molecule has 0 spiro atoms. The van der Waals surface area contributed by atoms with Crippen LogP contribution in [-0.2, 0) is 15.3 Å². The zero-order chi connectivity index (χ0) is 13.7. The summed E-state index contributed by atoms with van der Waals surface area (Å²) in [6.07, 6.45) is 0. The number of amides is 1. The number of thiazole rings is 1. The van der Waals surface area contributed by atoms with Crippen LogP contribution in [0.5, 0.6) is 0 Å². The molecule has 0 aliphatic carbocycles. The Morgan fingerprint density at radius 2 is 2.28 bits per heavy atom. The van der Waals surface area contributed by atoms with Gasteiger partial charge in [-0.3, -0.25) is 4.79 Å². The summed E-state index contributed by atoms with van der Waals surface area (Å²) >= 11 is 3.03. The molecule has 0 fully saturated rings. The number of hydrogen-bond acceptors (Lipinski definition) is 5. The molecule has 0 radical (unpaired) electrons. The molecule has 18 heavy (non-hydrogen) atoms. The number of carboxylic acid groups (broad SMARTS) is 1. The molecule has 1 aromatic rings. The van der Waals surface area contributed by atoms with Gasteiger partial charge in [0.25, 0.3) is 0 Å². The van der Waals surface area contributed by atoms with Crippen LogP contribution in [-0.4, -0.2) is 45.7 Å². The Bertz CT molecular complexity index is 434. The Kier molecular flexibility index (Phi) is 5.61. The van der Waals surface area contributed by atoms with Crippen molar-refractivity contribution in [2.24, 2.45) is 0 Å². The van der Waals surface area contributed by atoms with Crippen LogP contribution in [0.4, 0.5) is 0 Å². The summed E-state index contributed by atoms with van der Waals surface area (Å²) in [5.41, 5.74) is 0.962. The van der Waals surface area contributed by atoms with E-state index in [1.165, 1.54) is 30.6 Å². The van der Waals surface area contributed by atoms with Gasteiger partial charge in [0.1, 0.15) is 6.04 Å². The molecule has 5 nitrogen and oxygen atoms in total. The molecule has 0 aliphatic heterocycles. The predicted octanol–water partition coefficient (Wildman–Crippen LogP) is 1.62. The van der Waals surface area contributed by atoms with Gasteiger partial charge < -0.3 is 10.0 Å². The lowest BCUT2D eigenvalue weighted by Crippen LogP contribution is -2.41. The monoisotopic (exact) mass is 288 g/mol. The molecule has 0 saturated carbocycles. The lowest BCUT2D eigenvalue weighted by Gasteiger charge is -2.21. The number of carbonyl (C=O) groups is 2. The maximum Gasteiger partial charge on any atom is 0.326 e. The van der Waals surface area contributed by atoms with Crippen molar-refractivity contribution in [2.75, 3.05) is 12.8 Å². The highest BCUT2D eigenvalue weighted by Gasteiger charge is 2.21. The first-order valence-corrected chi connectivity index (χ1v) is 7.42. The molecular formula is C11H16N2O3S2. The van der Waals surface area contributed by atoms with Crippen molar-refractivity contribution in [1.82, 2.24) is 9.88 Å². The van der Waals surface area contributed by atoms with E-state index in [4.69, 9.17) is 5.11 Å². The lowest BCUT2D eigenvalue weighted by atomic mass is 10.3. The van der Waals surface area contributed by atoms with Crippen LogP contribution >= 0.6 is 23.1 Å². The van der Waals surface area contributed by atoms with E-state index < -0.39 is 12.0 Å². The van der Waals surface area contributed by atoms with E-state index in [1.807, 2.05) is 12.3 Å². The van der Waals surface area contributed by atoms with Gasteiger partial charge in [-0.1, -0.05) is 0 Å². The summed E-state index contributed by atoms with van der Waals surface area (Å²) in [6.45, 7) is 3.43. The normalized spacial score (nSPS) is 12.2. The van der Waals surface area contributed by atoms with Crippen molar-refractivity contribution >= 4 is 35.0 Å². The van der Waals surface area contributed by atoms with E-state index in [9.17, 15) is 9.59 Å². The first-order valence-electron chi connectivity index (χ1n) is 5.39. The third-order valence-corrected chi connectivity index (χ3v) is 4.25. The van der Waals surface area contributed by atoms with Crippen LogP contribution in [0.15, 0.2) is 5.38 Å². The SMILES string of the molecule is Cc1nc(CSCC(=O)N(C)C(C)C(=O)O)cs1. The number of carbonyl (C=O) groups excluding carboxylic acids is 1. The molecule has 0 aliphatic rings. The van der Waals surface area contributed by atoms with Crippen molar-refractivity contribution in [2.45, 2.75) is 25.6 Å². The molecule has 1 heterocycles. The van der Waals surface area contributed by atoms with E-state index in [0.717, 1.165) is 10.7 Å². The molecule has 1 atom stereocenters. The summed E-state index contributed by atoms with van der Waals surface area (Å²) in [6, 6.07) is -0.792. The minimum Gasteiger partial charge on any atom is -0.480 e. The average molecular weight is 288 g/mol. The van der Waals surface area contributed by atoms with Crippen LogP contribution in [0.25, 0.3) is 0 Å². The van der Waals surface area contributed by atoms with Crippen LogP contribution in [0, 0.1) is 6.92 Å². The minimum atomic E-state index is -0.994. The molecule has 1 amide bonds. The molecule has 7 heteroatoms. The first kappa shape index (κ1) is 15.0. The van der Waals surface area contributed by atoms with E-state index in [1.54, 1.807) is 11.3 Å². The fourth-order valence-corrected chi connectivity index (χ4v) is 2.76. The van der Waals surface area contributed by atoms with Gasteiger partial charge >= 0.3 is 5.97 Å². The van der Waals surface area contributed by atoms with E-state index in [-0.39, 0.29) is 11.7 Å². The highest BCUT2D eigenvalue weighted by Crippen LogP contribution is 2.15. The highest BCUT2D eigenvalue weighted by atomic mass is 32.2. The zero-order valence-corrected chi connectivity index (χ0v) is 12.2. The van der Waals surface area contributed by atoms with Crippen molar-refractivity contribution in [1.29, 1.82) is 0 Å². The van der Waals surface area contributed by atoms with Gasteiger partial charge in [-0.05, 0) is 13.8 Å². The molecular weight excluding hydrogens is 272 g/mol. The van der Waals surface area contributed by atoms with Gasteiger partial charge in [0.05, 0.1) is 16.5 Å². The third-order valence-electron chi connectivity index (χ3n) is 2.47. The minimum absolute atomic E-state index is 0.179. The van der Waals surface area contributed by atoms with Crippen molar-refractivity contribution in [3.8, 4) is 0 Å². The number of rotatable bonds is 6. The Morgan fingerprint density at radius 3 is 2.78 bits per heavy atom. The van der Waals surface area contributed by atoms with E-state index >= 15 is 0 Å². The molecule has 0 aromatic carbocycles. The molecule has 0 saturated heterocycles. The molecule has 100 valence electrons. The van der Waals surface area contributed by atoms with Gasteiger partial charge in [-0.25, -0.2) is 9.78 Å². The molecule has 1 rings (SSSR count). The second-order valence-electron chi connectivity index (χ2n) is 3.87. The number of carboxylic acids is 1. The van der Waals surface area contributed by atoms with Gasteiger partial charge in [0.2, 0.25) is 5.91 Å². The van der Waals surface area contributed by atoms with Gasteiger partial charge in [0, 0.05) is 18.2 Å². The van der Waals surface area contributed by atoms with Crippen molar-refractivity contribution < 1.29 is 14.7 Å². The van der Waals surface area contributed by atoms with E-state index in [0.29, 0.717) is 5.75 Å². The Labute approximate surface area is 114 Å². The average Bonchev–Trinajstić information content (AvgIpc) is 2.72. The predicted molar refractivity (Wildman–Crippen MR) is 72.9 cm³/mol. The summed E-state index contributed by atoms with van der Waals surface area (Å²) in [5, 5.41) is 11.8. The highest BCUT2D eigenvalue weighted by molar-refractivity contribution is 7.99. The van der Waals surface area contributed by atoms with Crippen molar-refractivity contribution in [3.63, 3.8) is 0 Å². The van der Waals surface area contributed by atoms with Crippen LogP contribution in [0.1, 0.15) is 17.6 Å². The molecule has 1 unspecified atom stereocenters. The number of hydrogen-bond donors (Lipinski definition) is 1. The summed E-state index contributed by atoms with van der Waals surface area (Å²) in [5.74, 6) is -0.233. The number of likely N-dealkylation sites (N-methyl/N-ethyl adjacent to an activating group) is 1. The standard InChI is InChI=1S/C11H16N2O3S2/c1-7(11(15)16)13(3)10(14)6-17-4-9-5-18-8(2)12-9/h5,7H,4,6H2,1-3H3,(H,15,16). The number of aromatic nitrogens is 1. The van der Waals surface area contributed by atoms with Crippen LogP contribution in [0.3, 0.4) is 0 Å². The summed E-state index contributed by atoms with van der Waals surface area (Å²) in [7, 11) is 1.51. The first-order chi connectivity index (χ1) is 8.41. The van der Waals surface area contributed by atoms with Gasteiger partial charge in [-0.15, -0.1) is 23.1 Å². The van der Waals surface area contributed by atoms with Gasteiger partial charge in [-0.2, -0.15) is 0 Å². The second-order valence-corrected chi connectivity index (χ2v) is 5.92.